The van der Waals surface area contributed by atoms with Crippen molar-refractivity contribution in [2.75, 3.05) is 13.2 Å². The predicted molar refractivity (Wildman–Crippen MR) is 357 cm³/mol. The van der Waals surface area contributed by atoms with Crippen LogP contribution in [0.4, 0.5) is 0 Å². The van der Waals surface area contributed by atoms with Gasteiger partial charge in [0.15, 0.2) is 6.10 Å². The summed E-state index contributed by atoms with van der Waals surface area (Å²) in [5, 5.41) is 0. The van der Waals surface area contributed by atoms with E-state index in [0.717, 1.165) is 135 Å². The molecule has 6 nitrogen and oxygen atoms in total. The molecule has 0 aromatic rings. The smallest absolute Gasteiger partial charge is 0.306 e. The Labute approximate surface area is 506 Å². The lowest BCUT2D eigenvalue weighted by molar-refractivity contribution is -0.167. The molecule has 0 saturated heterocycles. The highest BCUT2D eigenvalue weighted by Gasteiger charge is 2.19. The zero-order valence-electron chi connectivity index (χ0n) is 53.5. The predicted octanol–water partition coefficient (Wildman–Crippen LogP) is 23.7. The van der Waals surface area contributed by atoms with Gasteiger partial charge in [-0.05, 0) is 122 Å². The highest BCUT2D eigenvalue weighted by molar-refractivity contribution is 5.71. The van der Waals surface area contributed by atoms with Crippen molar-refractivity contribution in [1.29, 1.82) is 0 Å². The first-order valence-electron chi connectivity index (χ1n) is 34.2. The quantitative estimate of drug-likeness (QED) is 0.0261. The largest absolute Gasteiger partial charge is 0.462 e. The SMILES string of the molecule is CC/C=C\C/C=C\C/C=C\C/C=C\C/C=C\C/C=C\C/C=C\C/C=C\CCCCCCC(=O)OCC(COC(=O)CCCCCCCC)OC(=O)CCCCCCCCCCCCCCCC/C=C\C/C=C\C/C=C\CCCCCCC. The zero-order chi connectivity index (χ0) is 59.2. The number of carbonyl (C=O) groups is 3. The number of carbonyl (C=O) groups excluding carboxylic acids is 3. The molecule has 1 atom stereocenters. The fourth-order valence-electron chi connectivity index (χ4n) is 9.29. The second kappa shape index (κ2) is 69.0. The first kappa shape index (κ1) is 77.5. The third-order valence-corrected chi connectivity index (χ3v) is 14.4. The van der Waals surface area contributed by atoms with Gasteiger partial charge in [-0.1, -0.05) is 302 Å². The molecule has 0 N–H and O–H groups in total. The molecule has 0 spiro atoms. The second-order valence-corrected chi connectivity index (χ2v) is 22.4. The summed E-state index contributed by atoms with van der Waals surface area (Å²) in [6, 6.07) is 0. The van der Waals surface area contributed by atoms with E-state index in [1.807, 2.05) is 0 Å². The molecule has 0 aliphatic rings. The van der Waals surface area contributed by atoms with Crippen molar-refractivity contribution in [3.8, 4) is 0 Å². The van der Waals surface area contributed by atoms with Crippen molar-refractivity contribution < 1.29 is 28.6 Å². The fourth-order valence-corrected chi connectivity index (χ4v) is 9.29. The highest BCUT2D eigenvalue weighted by atomic mass is 16.6. The number of ether oxygens (including phenoxy) is 3. The van der Waals surface area contributed by atoms with Crippen LogP contribution in [0.1, 0.15) is 310 Å². The minimum absolute atomic E-state index is 0.0884. The van der Waals surface area contributed by atoms with Crippen LogP contribution in [0.25, 0.3) is 0 Å². The summed E-state index contributed by atoms with van der Waals surface area (Å²) in [5.41, 5.74) is 0. The van der Waals surface area contributed by atoms with E-state index >= 15 is 0 Å². The Kier molecular flexibility index (Phi) is 65.3. The highest BCUT2D eigenvalue weighted by Crippen LogP contribution is 2.16. The van der Waals surface area contributed by atoms with Gasteiger partial charge < -0.3 is 14.2 Å². The van der Waals surface area contributed by atoms with Crippen LogP contribution in [0.5, 0.6) is 0 Å². The monoisotopic (exact) mass is 1130 g/mol. The number of allylic oxidation sites excluding steroid dienone is 22. The van der Waals surface area contributed by atoms with E-state index in [2.05, 4.69) is 154 Å². The Morgan fingerprint density at radius 1 is 0.256 bits per heavy atom. The summed E-state index contributed by atoms with van der Waals surface area (Å²) in [7, 11) is 0. The maximum Gasteiger partial charge on any atom is 0.306 e. The van der Waals surface area contributed by atoms with E-state index < -0.39 is 6.10 Å². The lowest BCUT2D eigenvalue weighted by atomic mass is 10.0. The molecule has 1 unspecified atom stereocenters. The maximum absolute atomic E-state index is 12.9. The molecule has 0 aromatic heterocycles. The standard InChI is InChI=1S/C76H126O6/c1-4-7-10-13-16-18-20-22-24-26-28-30-32-34-36-38-40-42-44-46-48-50-52-54-56-58-60-63-66-69-75(78)81-72-73(71-80-74(77)68-65-62-15-12-9-6-3)82-76(79)70-67-64-61-59-57-55-53-51-49-47-45-43-41-39-37-35-33-31-29-27-25-23-21-19-17-14-11-8-5-2/h7,10,16,18,21-24,27-30,33-36,40,42,46,48,52,54,73H,4-6,8-9,11-15,17,19-20,25-26,31-32,37-39,41,43-45,47,49-51,53,55-72H2,1-3H3/b10-7-,18-16-,23-21-,24-22-,29-27-,30-28-,35-33-,36-34-,42-40-,48-46-,54-52-. The van der Waals surface area contributed by atoms with Crippen LogP contribution in [-0.2, 0) is 28.6 Å². The first-order valence-corrected chi connectivity index (χ1v) is 34.2. The normalized spacial score (nSPS) is 13.0. The molecule has 0 aromatic carbocycles. The average Bonchev–Trinajstić information content (AvgIpc) is 3.47. The molecule has 82 heavy (non-hydrogen) atoms. The molecule has 0 heterocycles. The Hall–Kier alpha value is -4.45. The van der Waals surface area contributed by atoms with Crippen molar-refractivity contribution in [2.45, 2.75) is 316 Å². The summed E-state index contributed by atoms with van der Waals surface area (Å²) >= 11 is 0. The van der Waals surface area contributed by atoms with Crippen molar-refractivity contribution >= 4 is 17.9 Å². The summed E-state index contributed by atoms with van der Waals surface area (Å²) < 4.78 is 16.8. The maximum atomic E-state index is 12.9. The molecule has 0 rings (SSSR count). The Morgan fingerprint density at radius 3 is 0.744 bits per heavy atom. The molecular formula is C76H126O6. The van der Waals surface area contributed by atoms with Gasteiger partial charge in [-0.3, -0.25) is 14.4 Å². The third kappa shape index (κ3) is 66.4. The number of unbranched alkanes of at least 4 members (excludes halogenated alkanes) is 28. The van der Waals surface area contributed by atoms with Gasteiger partial charge >= 0.3 is 17.9 Å². The van der Waals surface area contributed by atoms with E-state index in [9.17, 15) is 14.4 Å². The Bertz CT molecular complexity index is 1730. The molecule has 0 aliphatic carbocycles. The number of rotatable bonds is 61. The molecular weight excluding hydrogens is 1010 g/mol. The second-order valence-electron chi connectivity index (χ2n) is 22.4. The van der Waals surface area contributed by atoms with Crippen molar-refractivity contribution in [1.82, 2.24) is 0 Å². The molecule has 0 aliphatic heterocycles. The van der Waals surface area contributed by atoms with Gasteiger partial charge in [-0.25, -0.2) is 0 Å². The minimum Gasteiger partial charge on any atom is -0.462 e. The molecule has 0 amide bonds. The molecule has 0 fully saturated rings. The van der Waals surface area contributed by atoms with Gasteiger partial charge in [0.25, 0.3) is 0 Å². The van der Waals surface area contributed by atoms with Gasteiger partial charge in [0.1, 0.15) is 13.2 Å². The van der Waals surface area contributed by atoms with E-state index in [1.165, 1.54) is 135 Å². The van der Waals surface area contributed by atoms with E-state index in [-0.39, 0.29) is 31.1 Å². The Morgan fingerprint density at radius 2 is 0.476 bits per heavy atom. The van der Waals surface area contributed by atoms with E-state index in [4.69, 9.17) is 14.2 Å². The van der Waals surface area contributed by atoms with Gasteiger partial charge in [-0.15, -0.1) is 0 Å². The number of hydrogen-bond donors (Lipinski definition) is 0. The molecule has 0 radical (unpaired) electrons. The van der Waals surface area contributed by atoms with E-state index in [0.29, 0.717) is 19.3 Å². The van der Waals surface area contributed by atoms with Crippen LogP contribution in [0.3, 0.4) is 0 Å². The van der Waals surface area contributed by atoms with E-state index in [1.54, 1.807) is 0 Å². The zero-order valence-corrected chi connectivity index (χ0v) is 53.5. The average molecular weight is 1140 g/mol. The van der Waals surface area contributed by atoms with Crippen LogP contribution in [0.2, 0.25) is 0 Å². The third-order valence-electron chi connectivity index (χ3n) is 14.4. The van der Waals surface area contributed by atoms with Gasteiger partial charge in [-0.2, -0.15) is 0 Å². The van der Waals surface area contributed by atoms with Crippen molar-refractivity contribution in [3.05, 3.63) is 134 Å². The van der Waals surface area contributed by atoms with Crippen molar-refractivity contribution in [3.63, 3.8) is 0 Å². The van der Waals surface area contributed by atoms with Crippen LogP contribution < -0.4 is 0 Å². The van der Waals surface area contributed by atoms with Gasteiger partial charge in [0.05, 0.1) is 0 Å². The summed E-state index contributed by atoms with van der Waals surface area (Å²) in [5.74, 6) is -0.921. The number of hydrogen-bond acceptors (Lipinski definition) is 6. The lowest BCUT2D eigenvalue weighted by Crippen LogP contribution is -2.30. The number of esters is 3. The van der Waals surface area contributed by atoms with Crippen LogP contribution in [0, 0.1) is 0 Å². The van der Waals surface area contributed by atoms with Crippen LogP contribution in [0.15, 0.2) is 134 Å². The van der Waals surface area contributed by atoms with Crippen LogP contribution >= 0.6 is 0 Å². The van der Waals surface area contributed by atoms with Gasteiger partial charge in [0, 0.05) is 19.3 Å². The molecule has 466 valence electrons. The molecule has 6 heteroatoms. The molecule has 0 saturated carbocycles. The van der Waals surface area contributed by atoms with Crippen molar-refractivity contribution in [2.24, 2.45) is 0 Å². The fraction of sp³-hybridized carbons (Fsp3) is 0.671. The van der Waals surface area contributed by atoms with Crippen LogP contribution in [-0.4, -0.2) is 37.2 Å². The summed E-state index contributed by atoms with van der Waals surface area (Å²) in [6.45, 7) is 6.44. The first-order chi connectivity index (χ1) is 40.5. The Balaban J connectivity index is 4.14. The lowest BCUT2D eigenvalue weighted by Gasteiger charge is -2.18. The minimum atomic E-state index is -0.791. The summed E-state index contributed by atoms with van der Waals surface area (Å²) in [4.78, 5) is 38.1. The molecule has 0 bridgehead atoms. The topological polar surface area (TPSA) is 78.9 Å². The summed E-state index contributed by atoms with van der Waals surface area (Å²) in [6.07, 6.45) is 97.9. The van der Waals surface area contributed by atoms with Gasteiger partial charge in [0.2, 0.25) is 0 Å².